The van der Waals surface area contributed by atoms with Crippen LogP contribution in [0.2, 0.25) is 5.02 Å². The van der Waals surface area contributed by atoms with Crippen LogP contribution < -0.4 is 16.2 Å². The predicted molar refractivity (Wildman–Crippen MR) is 169 cm³/mol. The third-order valence-corrected chi connectivity index (χ3v) is 9.25. The zero-order chi connectivity index (χ0) is 30.1. The zero-order valence-corrected chi connectivity index (χ0v) is 25.4. The maximum atomic E-state index is 12.5. The van der Waals surface area contributed by atoms with E-state index in [4.69, 9.17) is 11.6 Å². The maximum absolute atomic E-state index is 12.5. The third-order valence-electron chi connectivity index (χ3n) is 8.96. The first kappa shape index (κ1) is 27.4. The summed E-state index contributed by atoms with van der Waals surface area (Å²) in [6.45, 7) is 7.08. The SMILES string of the molecule is Cn1c(=O)ccc2c([C@H](Nc3cc(Cl)c4ncc(C#N)c(NCC(C)(C)C)c4c3)c3cn(C45CC(C4)C5)nn3)cccc21. The molecule has 3 saturated carbocycles. The molecule has 0 aliphatic heterocycles. The van der Waals surface area contributed by atoms with Gasteiger partial charge in [0.2, 0.25) is 0 Å². The highest BCUT2D eigenvalue weighted by Crippen LogP contribution is 2.62. The highest BCUT2D eigenvalue weighted by Gasteiger charge is 2.59. The minimum Gasteiger partial charge on any atom is -0.383 e. The van der Waals surface area contributed by atoms with Crippen LogP contribution in [0.3, 0.4) is 0 Å². The number of fused-ring (bicyclic) bond motifs is 2. The second kappa shape index (κ2) is 9.81. The van der Waals surface area contributed by atoms with Gasteiger partial charge in [0.1, 0.15) is 11.8 Å². The number of nitrogens with zero attached hydrogens (tertiary/aromatic N) is 6. The molecule has 3 heterocycles. The summed E-state index contributed by atoms with van der Waals surface area (Å²) in [6, 6.07) is 15.2. The highest BCUT2D eigenvalue weighted by molar-refractivity contribution is 6.35. The molecule has 43 heavy (non-hydrogen) atoms. The first-order valence-corrected chi connectivity index (χ1v) is 15.0. The first-order chi connectivity index (χ1) is 20.5. The number of benzene rings is 2. The number of halogens is 1. The average molecular weight is 593 g/mol. The normalized spacial score (nSPS) is 19.9. The van der Waals surface area contributed by atoms with Gasteiger partial charge < -0.3 is 15.2 Å². The Morgan fingerprint density at radius 1 is 1.16 bits per heavy atom. The van der Waals surface area contributed by atoms with Crippen LogP contribution in [0, 0.1) is 22.7 Å². The molecule has 0 spiro atoms. The predicted octanol–water partition coefficient (Wildman–Crippen LogP) is 6.37. The van der Waals surface area contributed by atoms with Crippen molar-refractivity contribution in [3.8, 4) is 6.07 Å². The van der Waals surface area contributed by atoms with Gasteiger partial charge in [-0.15, -0.1) is 5.10 Å². The Hall–Kier alpha value is -4.42. The fourth-order valence-corrected chi connectivity index (χ4v) is 6.75. The van der Waals surface area contributed by atoms with Gasteiger partial charge in [-0.25, -0.2) is 4.68 Å². The smallest absolute Gasteiger partial charge is 0.250 e. The lowest BCUT2D eigenvalue weighted by Crippen LogP contribution is -2.59. The molecular weight excluding hydrogens is 560 g/mol. The van der Waals surface area contributed by atoms with Crippen LogP contribution in [-0.4, -0.2) is 31.1 Å². The van der Waals surface area contributed by atoms with Crippen molar-refractivity contribution in [1.29, 1.82) is 5.26 Å². The molecule has 5 aromatic rings. The quantitative estimate of drug-likeness (QED) is 0.226. The van der Waals surface area contributed by atoms with E-state index in [1.54, 1.807) is 23.9 Å². The van der Waals surface area contributed by atoms with Crippen LogP contribution in [0.5, 0.6) is 0 Å². The molecule has 8 rings (SSSR count). The molecule has 2 bridgehead atoms. The molecule has 3 aromatic heterocycles. The summed E-state index contributed by atoms with van der Waals surface area (Å²) in [7, 11) is 1.78. The third kappa shape index (κ3) is 4.61. The summed E-state index contributed by atoms with van der Waals surface area (Å²) in [4.78, 5) is 17.0. The van der Waals surface area contributed by atoms with Gasteiger partial charge in [-0.05, 0) is 60.4 Å². The van der Waals surface area contributed by atoms with Gasteiger partial charge in [-0.3, -0.25) is 9.78 Å². The molecule has 1 atom stereocenters. The van der Waals surface area contributed by atoms with E-state index in [-0.39, 0.29) is 16.5 Å². The summed E-state index contributed by atoms with van der Waals surface area (Å²) in [5.41, 5.74) is 5.13. The number of hydrogen-bond donors (Lipinski definition) is 2. The summed E-state index contributed by atoms with van der Waals surface area (Å²) in [6.07, 6.45) is 7.09. The Morgan fingerprint density at radius 2 is 1.95 bits per heavy atom. The van der Waals surface area contributed by atoms with Gasteiger partial charge in [0, 0.05) is 42.3 Å². The van der Waals surface area contributed by atoms with Gasteiger partial charge in [-0.2, -0.15) is 5.26 Å². The Bertz CT molecular complexity index is 2000. The van der Waals surface area contributed by atoms with Crippen molar-refractivity contribution < 1.29 is 0 Å². The highest BCUT2D eigenvalue weighted by atomic mass is 35.5. The molecule has 0 radical (unpaired) electrons. The van der Waals surface area contributed by atoms with E-state index in [2.05, 4.69) is 65.0 Å². The largest absolute Gasteiger partial charge is 0.383 e. The van der Waals surface area contributed by atoms with Crippen molar-refractivity contribution in [3.05, 3.63) is 87.1 Å². The van der Waals surface area contributed by atoms with Gasteiger partial charge in [-0.1, -0.05) is 49.7 Å². The Morgan fingerprint density at radius 3 is 2.65 bits per heavy atom. The van der Waals surface area contributed by atoms with Crippen LogP contribution in [0.1, 0.15) is 62.9 Å². The van der Waals surface area contributed by atoms with Crippen molar-refractivity contribution >= 4 is 44.8 Å². The Labute approximate surface area is 254 Å². The molecule has 2 N–H and O–H groups in total. The molecule has 218 valence electrons. The van der Waals surface area contributed by atoms with E-state index in [0.717, 1.165) is 58.4 Å². The van der Waals surface area contributed by atoms with Gasteiger partial charge in [0.15, 0.2) is 0 Å². The first-order valence-electron chi connectivity index (χ1n) is 14.6. The van der Waals surface area contributed by atoms with E-state index in [1.807, 2.05) is 35.0 Å². The van der Waals surface area contributed by atoms with Crippen LogP contribution >= 0.6 is 11.6 Å². The molecule has 0 unspecified atom stereocenters. The minimum absolute atomic E-state index is 0.00620. The number of nitriles is 1. The lowest BCUT2D eigenvalue weighted by Gasteiger charge is -2.61. The Kier molecular flexibility index (Phi) is 6.26. The fraction of sp³-hybridized carbons (Fsp3) is 0.364. The molecular formula is C33H33ClN8O. The molecule has 3 aliphatic rings. The zero-order valence-electron chi connectivity index (χ0n) is 24.6. The number of aryl methyl sites for hydroxylation is 1. The maximum Gasteiger partial charge on any atom is 0.250 e. The van der Waals surface area contributed by atoms with E-state index < -0.39 is 6.04 Å². The van der Waals surface area contributed by atoms with Crippen molar-refractivity contribution in [2.75, 3.05) is 17.2 Å². The summed E-state index contributed by atoms with van der Waals surface area (Å²) in [5.74, 6) is 0.814. The summed E-state index contributed by atoms with van der Waals surface area (Å²) < 4.78 is 3.70. The monoisotopic (exact) mass is 592 g/mol. The second-order valence-electron chi connectivity index (χ2n) is 13.3. The van der Waals surface area contributed by atoms with Crippen molar-refractivity contribution in [1.82, 2.24) is 24.5 Å². The summed E-state index contributed by atoms with van der Waals surface area (Å²) in [5, 5.41) is 28.5. The number of anilines is 2. The topological polar surface area (TPSA) is 113 Å². The standard InChI is InChI=1S/C33H33ClN8O/c1-32(2,3)18-37-29-20(15-35)16-36-30-24(29)10-21(11-25(30)34)38-31(26-17-42(40-39-26)33-12-19(13-33)14-33)23-6-5-7-27-22(23)8-9-28(43)41(27)4/h5-11,16-17,19,31,38H,12-14,18H2,1-4H3,(H,36,37)/t19?,31-,33?/m0/s1. The molecule has 2 aromatic carbocycles. The number of pyridine rings is 2. The molecule has 3 aliphatic carbocycles. The van der Waals surface area contributed by atoms with E-state index >= 15 is 0 Å². The van der Waals surface area contributed by atoms with E-state index in [0.29, 0.717) is 28.3 Å². The van der Waals surface area contributed by atoms with Crippen molar-refractivity contribution in [2.45, 2.75) is 51.6 Å². The molecule has 10 heteroatoms. The second-order valence-corrected chi connectivity index (χ2v) is 13.7. The van der Waals surface area contributed by atoms with Gasteiger partial charge in [0.25, 0.3) is 5.56 Å². The lowest BCUT2D eigenvalue weighted by atomic mass is 9.50. The van der Waals surface area contributed by atoms with Crippen LogP contribution in [0.15, 0.2) is 59.7 Å². The number of rotatable bonds is 7. The Balaban J connectivity index is 1.37. The number of nitrogens with one attached hydrogen (secondary N) is 2. The van der Waals surface area contributed by atoms with Gasteiger partial charge in [0.05, 0.1) is 45.1 Å². The molecule has 9 nitrogen and oxygen atoms in total. The average Bonchev–Trinajstić information content (AvgIpc) is 3.39. The van der Waals surface area contributed by atoms with Crippen molar-refractivity contribution in [3.63, 3.8) is 0 Å². The number of hydrogen-bond acceptors (Lipinski definition) is 7. The van der Waals surface area contributed by atoms with Gasteiger partial charge >= 0.3 is 0 Å². The molecule has 0 saturated heterocycles. The van der Waals surface area contributed by atoms with E-state index in [9.17, 15) is 10.1 Å². The lowest BCUT2D eigenvalue weighted by molar-refractivity contribution is -0.0989. The van der Waals surface area contributed by atoms with Crippen molar-refractivity contribution in [2.24, 2.45) is 18.4 Å². The van der Waals surface area contributed by atoms with E-state index in [1.165, 1.54) is 0 Å². The fourth-order valence-electron chi connectivity index (χ4n) is 6.48. The number of aromatic nitrogens is 5. The minimum atomic E-state index is -0.395. The summed E-state index contributed by atoms with van der Waals surface area (Å²) >= 11 is 6.84. The molecule has 0 amide bonds. The van der Waals surface area contributed by atoms with Crippen LogP contribution in [0.25, 0.3) is 21.8 Å². The van der Waals surface area contributed by atoms with Crippen LogP contribution in [-0.2, 0) is 12.6 Å². The molecule has 3 fully saturated rings. The van der Waals surface area contributed by atoms with Crippen LogP contribution in [0.4, 0.5) is 11.4 Å².